The number of carbonyl (C=O) groups is 1. The van der Waals surface area contributed by atoms with Gasteiger partial charge in [0.25, 0.3) is 27.5 Å². The standard InChI is InChI=1S/C51H60FN7O9S/c1-49(2,3)37-9-6-5-8-34(37)40-10-7-19-58(40)32-26-51(27-32)17-20-57(21-18-51)31-11-12-35(42(22-31)68-44-25-36-38(52)28-53-46(36)55-48(44)61)47(60)56-69(65,66)33-23-41(59(63)64)45-43(24-33)67-29-39(54-45)30-13-15-50(4,62)16-14-30/h5-6,8-9,11-12,22-25,28,30,32,39-40,54,62H,7,10,13-21,26-27,29H2,1-4H3,(H,56,60)(H2,53,55,61)/t30-,39-,40+,50-/m1/s1. The number of nitrogens with one attached hydrogen (secondary N) is 3. The van der Waals surface area contributed by atoms with Crippen LogP contribution in [0.3, 0.4) is 0 Å². The van der Waals surface area contributed by atoms with Crippen LogP contribution in [0, 0.1) is 27.3 Å². The van der Waals surface area contributed by atoms with Crippen molar-refractivity contribution in [1.82, 2.24) is 19.6 Å². The summed E-state index contributed by atoms with van der Waals surface area (Å²) >= 11 is 0. The van der Waals surface area contributed by atoms with Gasteiger partial charge in [0.1, 0.15) is 23.8 Å². The van der Waals surface area contributed by atoms with E-state index in [4.69, 9.17) is 9.47 Å². The molecule has 366 valence electrons. The number of aliphatic hydroxyl groups is 1. The van der Waals surface area contributed by atoms with Crippen molar-refractivity contribution in [3.63, 3.8) is 0 Å². The third kappa shape index (κ3) is 9.06. The third-order valence-corrected chi connectivity index (χ3v) is 16.9. The fourth-order valence-corrected chi connectivity index (χ4v) is 12.7. The number of halogens is 1. The molecule has 5 aromatic rings. The SMILES string of the molecule is CC(C)(C)c1ccccc1[C@@H]1CCCN1C1CC2(CCN(c3ccc(C(=O)NS(=O)(=O)c4cc5c(c([N+](=O)[O-])c4)N[C@@H]([C@H]4CC[C@](C)(O)CC4)CO5)c(Oc4cc5c(F)c[nH]c5nc4O)c3)CC2)C1. The molecule has 5 N–H and O–H groups in total. The molecule has 1 spiro atoms. The largest absolute Gasteiger partial charge is 0.491 e. The molecule has 1 amide bonds. The molecule has 2 aliphatic carbocycles. The molecule has 2 saturated carbocycles. The van der Waals surface area contributed by atoms with Gasteiger partial charge in [0.05, 0.1) is 32.4 Å². The summed E-state index contributed by atoms with van der Waals surface area (Å²) in [6.45, 7) is 11.3. The van der Waals surface area contributed by atoms with Crippen molar-refractivity contribution >= 4 is 44.0 Å². The van der Waals surface area contributed by atoms with Gasteiger partial charge < -0.3 is 34.9 Å². The normalized spacial score (nSPS) is 24.0. The molecule has 0 bridgehead atoms. The Hall–Kier alpha value is -5.98. The van der Waals surface area contributed by atoms with E-state index in [1.165, 1.54) is 29.7 Å². The highest BCUT2D eigenvalue weighted by Crippen LogP contribution is 2.55. The Labute approximate surface area is 400 Å². The van der Waals surface area contributed by atoms with Crippen LogP contribution in [0.25, 0.3) is 11.0 Å². The number of pyridine rings is 1. The number of likely N-dealkylation sites (tertiary alicyclic amines) is 1. The molecule has 10 rings (SSSR count). The van der Waals surface area contributed by atoms with Crippen LogP contribution in [0.15, 0.2) is 71.8 Å². The highest BCUT2D eigenvalue weighted by atomic mass is 32.2. The van der Waals surface area contributed by atoms with E-state index in [9.17, 15) is 37.9 Å². The Balaban J connectivity index is 0.873. The summed E-state index contributed by atoms with van der Waals surface area (Å²) in [7, 11) is -4.77. The molecule has 18 heteroatoms. The Kier molecular flexibility index (Phi) is 11.8. The van der Waals surface area contributed by atoms with Gasteiger partial charge in [-0.15, -0.1) is 0 Å². The summed E-state index contributed by atoms with van der Waals surface area (Å²) < 4.78 is 56.9. The number of aromatic amines is 1. The van der Waals surface area contributed by atoms with E-state index in [1.807, 2.05) is 0 Å². The Morgan fingerprint density at radius 3 is 2.48 bits per heavy atom. The molecule has 2 saturated heterocycles. The number of benzene rings is 3. The molecule has 5 aliphatic rings. The van der Waals surface area contributed by atoms with Crippen LogP contribution >= 0.6 is 0 Å². The number of hydrogen-bond donors (Lipinski definition) is 5. The summed E-state index contributed by atoms with van der Waals surface area (Å²) in [5.41, 5.74) is 2.38. The molecule has 0 radical (unpaired) electrons. The van der Waals surface area contributed by atoms with Gasteiger partial charge in [-0.2, -0.15) is 4.98 Å². The van der Waals surface area contributed by atoms with Crippen LogP contribution < -0.4 is 24.4 Å². The van der Waals surface area contributed by atoms with Crippen molar-refractivity contribution < 1.29 is 42.2 Å². The zero-order chi connectivity index (χ0) is 48.6. The van der Waals surface area contributed by atoms with Crippen molar-refractivity contribution in [2.75, 3.05) is 36.5 Å². The number of hydrogen-bond acceptors (Lipinski definition) is 13. The highest BCUT2D eigenvalue weighted by Gasteiger charge is 2.50. The van der Waals surface area contributed by atoms with Gasteiger partial charge in [-0.25, -0.2) is 17.5 Å². The quantitative estimate of drug-likeness (QED) is 0.0653. The predicted octanol–water partition coefficient (Wildman–Crippen LogP) is 9.22. The Morgan fingerprint density at radius 2 is 1.75 bits per heavy atom. The second-order valence-corrected chi connectivity index (χ2v) is 23.0. The first-order valence-electron chi connectivity index (χ1n) is 24.1. The van der Waals surface area contributed by atoms with E-state index in [2.05, 4.69) is 74.8 Å². The number of nitro benzene ring substituents is 1. The minimum absolute atomic E-state index is 0.0234. The van der Waals surface area contributed by atoms with Crippen molar-refractivity contribution in [1.29, 1.82) is 0 Å². The minimum atomic E-state index is -4.77. The first kappa shape index (κ1) is 46.7. The molecular weight excluding hydrogens is 906 g/mol. The van der Waals surface area contributed by atoms with Gasteiger partial charge >= 0.3 is 0 Å². The van der Waals surface area contributed by atoms with E-state index in [1.54, 1.807) is 19.1 Å². The molecule has 3 aromatic carbocycles. The number of carbonyl (C=O) groups excluding carboxylic acids is 1. The zero-order valence-corrected chi connectivity index (χ0v) is 40.2. The third-order valence-electron chi connectivity index (χ3n) is 15.6. The zero-order valence-electron chi connectivity index (χ0n) is 39.4. The molecule has 0 unspecified atom stereocenters. The number of aromatic nitrogens is 2. The lowest BCUT2D eigenvalue weighted by Gasteiger charge is -2.56. The highest BCUT2D eigenvalue weighted by molar-refractivity contribution is 7.90. The first-order valence-corrected chi connectivity index (χ1v) is 25.5. The fraction of sp³-hybridized carbons (Fsp3) is 0.490. The Bertz CT molecular complexity index is 2930. The van der Waals surface area contributed by atoms with Crippen molar-refractivity contribution in [2.24, 2.45) is 11.3 Å². The average molecular weight is 966 g/mol. The lowest BCUT2D eigenvalue weighted by atomic mass is 9.59. The fourth-order valence-electron chi connectivity index (χ4n) is 11.7. The maximum atomic E-state index is 14.7. The number of piperidine rings is 1. The van der Waals surface area contributed by atoms with Crippen LogP contribution in [-0.4, -0.2) is 88.3 Å². The molecule has 2 aromatic heterocycles. The lowest BCUT2D eigenvalue weighted by Crippen LogP contribution is -2.55. The monoisotopic (exact) mass is 965 g/mol. The van der Waals surface area contributed by atoms with E-state index in [0.29, 0.717) is 43.5 Å². The van der Waals surface area contributed by atoms with Gasteiger partial charge in [0.15, 0.2) is 17.2 Å². The molecule has 2 atom stereocenters. The maximum Gasteiger partial charge on any atom is 0.297 e. The molecule has 5 heterocycles. The van der Waals surface area contributed by atoms with Gasteiger partial charge in [0, 0.05) is 61.3 Å². The van der Waals surface area contributed by atoms with Crippen molar-refractivity contribution in [3.05, 3.63) is 99.5 Å². The van der Waals surface area contributed by atoms with Crippen LogP contribution in [-0.2, 0) is 15.4 Å². The van der Waals surface area contributed by atoms with Gasteiger partial charge in [0.2, 0.25) is 0 Å². The second-order valence-electron chi connectivity index (χ2n) is 21.3. The summed E-state index contributed by atoms with van der Waals surface area (Å²) in [5, 5.41) is 37.0. The van der Waals surface area contributed by atoms with Crippen LogP contribution in [0.2, 0.25) is 0 Å². The number of fused-ring (bicyclic) bond motifs is 2. The Morgan fingerprint density at radius 1 is 1.01 bits per heavy atom. The topological polar surface area (TPSA) is 212 Å². The molecular formula is C51H60FN7O9S. The number of nitro groups is 1. The number of aromatic hydroxyl groups is 1. The predicted molar refractivity (Wildman–Crippen MR) is 258 cm³/mol. The van der Waals surface area contributed by atoms with Crippen molar-refractivity contribution in [2.45, 2.75) is 126 Å². The molecule has 4 fully saturated rings. The average Bonchev–Trinajstić information content (AvgIpc) is 3.93. The second kappa shape index (κ2) is 17.5. The summed E-state index contributed by atoms with van der Waals surface area (Å²) in [6, 6.07) is 17.5. The maximum absolute atomic E-state index is 14.7. The minimum Gasteiger partial charge on any atom is -0.491 e. The first-order chi connectivity index (χ1) is 32.8. The number of sulfonamides is 1. The van der Waals surface area contributed by atoms with Crippen LogP contribution in [0.5, 0.6) is 23.1 Å². The number of amides is 1. The van der Waals surface area contributed by atoms with Gasteiger partial charge in [-0.1, -0.05) is 45.0 Å². The van der Waals surface area contributed by atoms with E-state index in [0.717, 1.165) is 70.1 Å². The number of anilines is 2. The number of rotatable bonds is 10. The smallest absolute Gasteiger partial charge is 0.297 e. The molecule has 3 aliphatic heterocycles. The molecule has 16 nitrogen and oxygen atoms in total. The van der Waals surface area contributed by atoms with Gasteiger partial charge in [-0.3, -0.25) is 19.8 Å². The van der Waals surface area contributed by atoms with E-state index >= 15 is 0 Å². The summed E-state index contributed by atoms with van der Waals surface area (Å²) in [6.07, 6.45) is 10.1. The molecule has 69 heavy (non-hydrogen) atoms. The van der Waals surface area contributed by atoms with Gasteiger partial charge in [-0.05, 0) is 118 Å². The number of ether oxygens (including phenoxy) is 2. The lowest BCUT2D eigenvalue weighted by molar-refractivity contribution is -0.384. The van der Waals surface area contributed by atoms with E-state index < -0.39 is 48.7 Å². The van der Waals surface area contributed by atoms with Crippen molar-refractivity contribution in [3.8, 4) is 23.1 Å². The summed E-state index contributed by atoms with van der Waals surface area (Å²) in [5.74, 6) is -2.74. The van der Waals surface area contributed by atoms with Crippen LogP contribution in [0.1, 0.15) is 119 Å². The van der Waals surface area contributed by atoms with Crippen LogP contribution in [0.4, 0.5) is 21.5 Å². The van der Waals surface area contributed by atoms with E-state index in [-0.39, 0.29) is 68.9 Å². The number of H-pyrrole nitrogens is 1. The number of nitrogens with zero attached hydrogens (tertiary/aromatic N) is 4. The summed E-state index contributed by atoms with van der Waals surface area (Å²) in [4.78, 5) is 36.9.